The van der Waals surface area contributed by atoms with Gasteiger partial charge in [0.1, 0.15) is 0 Å². The number of rotatable bonds is 5. The van der Waals surface area contributed by atoms with Crippen molar-refractivity contribution in [1.82, 2.24) is 15.6 Å². The number of aromatic nitrogens is 1. The van der Waals surface area contributed by atoms with Crippen LogP contribution >= 0.6 is 11.3 Å². The number of carbonyl (C=O) groups is 2. The molecule has 3 N–H and O–H groups in total. The number of hydrogen-bond acceptors (Lipinski definition) is 4. The second kappa shape index (κ2) is 6.69. The number of carbonyl (C=O) groups excluding carboxylic acids is 1. The third-order valence-electron chi connectivity index (χ3n) is 3.59. The number of aliphatic carboxylic acids is 1. The largest absolute Gasteiger partial charge is 0.481 e. The molecule has 110 valence electrons. The molecule has 0 radical (unpaired) electrons. The van der Waals surface area contributed by atoms with Crippen LogP contribution in [0.1, 0.15) is 43.4 Å². The van der Waals surface area contributed by atoms with E-state index in [1.165, 1.54) is 11.3 Å². The molecule has 0 aliphatic heterocycles. The summed E-state index contributed by atoms with van der Waals surface area (Å²) in [6.45, 7) is 0.416. The molecule has 1 fully saturated rings. The molecule has 1 aliphatic rings. The van der Waals surface area contributed by atoms with Crippen LogP contribution in [0.5, 0.6) is 0 Å². The van der Waals surface area contributed by atoms with Crippen molar-refractivity contribution in [3.63, 3.8) is 0 Å². The Morgan fingerprint density at radius 1 is 1.35 bits per heavy atom. The second-order valence-electron chi connectivity index (χ2n) is 5.19. The quantitative estimate of drug-likeness (QED) is 0.776. The Labute approximate surface area is 121 Å². The van der Waals surface area contributed by atoms with Crippen molar-refractivity contribution in [3.05, 3.63) is 16.6 Å². The van der Waals surface area contributed by atoms with Crippen LogP contribution in [0.4, 0.5) is 4.79 Å². The van der Waals surface area contributed by atoms with Gasteiger partial charge >= 0.3 is 12.0 Å². The molecule has 0 bridgehead atoms. The van der Waals surface area contributed by atoms with Crippen LogP contribution in [0.15, 0.2) is 11.7 Å². The van der Waals surface area contributed by atoms with Gasteiger partial charge in [-0.05, 0) is 12.8 Å². The van der Waals surface area contributed by atoms with Gasteiger partial charge in [-0.1, -0.05) is 19.3 Å². The molecule has 0 spiro atoms. The van der Waals surface area contributed by atoms with E-state index in [2.05, 4.69) is 15.6 Å². The SMILES string of the molecule is O=C(O)CC1(NC(=O)NCc2cncs2)CCCCC1. The lowest BCUT2D eigenvalue weighted by Crippen LogP contribution is -2.54. The highest BCUT2D eigenvalue weighted by molar-refractivity contribution is 7.09. The van der Waals surface area contributed by atoms with E-state index in [4.69, 9.17) is 5.11 Å². The first kappa shape index (κ1) is 14.8. The summed E-state index contributed by atoms with van der Waals surface area (Å²) in [6.07, 6.45) is 6.18. The van der Waals surface area contributed by atoms with Crippen molar-refractivity contribution in [2.75, 3.05) is 0 Å². The molecule has 2 amide bonds. The monoisotopic (exact) mass is 297 g/mol. The van der Waals surface area contributed by atoms with Gasteiger partial charge in [0.15, 0.2) is 0 Å². The van der Waals surface area contributed by atoms with Gasteiger partial charge in [-0.15, -0.1) is 11.3 Å². The lowest BCUT2D eigenvalue weighted by Gasteiger charge is -2.36. The van der Waals surface area contributed by atoms with Gasteiger partial charge in [-0.2, -0.15) is 0 Å². The molecule has 0 aromatic carbocycles. The molecular weight excluding hydrogens is 278 g/mol. The molecule has 0 unspecified atom stereocenters. The summed E-state index contributed by atoms with van der Waals surface area (Å²) in [5.74, 6) is -0.866. The summed E-state index contributed by atoms with van der Waals surface area (Å²) in [7, 11) is 0. The summed E-state index contributed by atoms with van der Waals surface area (Å²) in [5.41, 5.74) is 1.11. The van der Waals surface area contributed by atoms with Crippen molar-refractivity contribution in [2.24, 2.45) is 0 Å². The fourth-order valence-corrected chi connectivity index (χ4v) is 3.18. The smallest absolute Gasteiger partial charge is 0.315 e. The average Bonchev–Trinajstić information content (AvgIpc) is 2.89. The number of thiazole rings is 1. The minimum Gasteiger partial charge on any atom is -0.481 e. The second-order valence-corrected chi connectivity index (χ2v) is 6.16. The van der Waals surface area contributed by atoms with Crippen LogP contribution in [0, 0.1) is 0 Å². The molecule has 20 heavy (non-hydrogen) atoms. The maximum atomic E-state index is 12.0. The van der Waals surface area contributed by atoms with Crippen LogP contribution in [-0.2, 0) is 11.3 Å². The minimum atomic E-state index is -0.866. The van der Waals surface area contributed by atoms with Gasteiger partial charge in [-0.3, -0.25) is 9.78 Å². The number of nitrogens with one attached hydrogen (secondary N) is 2. The van der Waals surface area contributed by atoms with E-state index < -0.39 is 11.5 Å². The summed E-state index contributed by atoms with van der Waals surface area (Å²) < 4.78 is 0. The van der Waals surface area contributed by atoms with E-state index in [-0.39, 0.29) is 12.5 Å². The number of carboxylic acid groups (broad SMARTS) is 1. The summed E-state index contributed by atoms with van der Waals surface area (Å²) in [5, 5.41) is 14.7. The predicted octanol–water partition coefficient (Wildman–Crippen LogP) is 2.12. The van der Waals surface area contributed by atoms with E-state index in [0.29, 0.717) is 6.54 Å². The first-order chi connectivity index (χ1) is 9.60. The molecule has 2 rings (SSSR count). The molecule has 1 aromatic heterocycles. The zero-order valence-electron chi connectivity index (χ0n) is 11.2. The molecule has 0 saturated heterocycles. The Morgan fingerprint density at radius 3 is 2.70 bits per heavy atom. The summed E-state index contributed by atoms with van der Waals surface area (Å²) in [4.78, 5) is 27.9. The van der Waals surface area contributed by atoms with Gasteiger partial charge in [0, 0.05) is 11.1 Å². The summed E-state index contributed by atoms with van der Waals surface area (Å²) >= 11 is 1.47. The summed E-state index contributed by atoms with van der Waals surface area (Å²) in [6, 6.07) is -0.304. The first-order valence-electron chi connectivity index (χ1n) is 6.75. The maximum Gasteiger partial charge on any atom is 0.315 e. The zero-order chi connectivity index (χ0) is 14.4. The fraction of sp³-hybridized carbons (Fsp3) is 0.615. The van der Waals surface area contributed by atoms with Crippen LogP contribution in [0.25, 0.3) is 0 Å². The number of hydrogen-bond donors (Lipinski definition) is 3. The van der Waals surface area contributed by atoms with E-state index in [9.17, 15) is 9.59 Å². The van der Waals surface area contributed by atoms with Gasteiger partial charge in [0.05, 0.1) is 24.0 Å². The molecule has 0 atom stereocenters. The third-order valence-corrected chi connectivity index (χ3v) is 4.37. The lowest BCUT2D eigenvalue weighted by molar-refractivity contribution is -0.139. The first-order valence-corrected chi connectivity index (χ1v) is 7.63. The van der Waals surface area contributed by atoms with Crippen molar-refractivity contribution < 1.29 is 14.7 Å². The highest BCUT2D eigenvalue weighted by atomic mass is 32.1. The third kappa shape index (κ3) is 4.19. The number of urea groups is 1. The minimum absolute atomic E-state index is 0.0129. The van der Waals surface area contributed by atoms with Gasteiger partial charge in [0.2, 0.25) is 0 Å². The van der Waals surface area contributed by atoms with Crippen molar-refractivity contribution in [3.8, 4) is 0 Å². The standard InChI is InChI=1S/C13H19N3O3S/c17-11(18)6-13(4-2-1-3-5-13)16-12(19)15-8-10-7-14-9-20-10/h7,9H,1-6,8H2,(H,17,18)(H2,15,16,19). The number of carboxylic acids is 1. The topological polar surface area (TPSA) is 91.3 Å². The Hall–Kier alpha value is -1.63. The van der Waals surface area contributed by atoms with Crippen molar-refractivity contribution in [2.45, 2.75) is 50.6 Å². The molecule has 1 saturated carbocycles. The van der Waals surface area contributed by atoms with Crippen LogP contribution in [-0.4, -0.2) is 27.6 Å². The molecule has 1 aliphatic carbocycles. The predicted molar refractivity (Wildman–Crippen MR) is 75.6 cm³/mol. The van der Waals surface area contributed by atoms with Crippen molar-refractivity contribution in [1.29, 1.82) is 0 Å². The Bertz CT molecular complexity index is 455. The number of amides is 2. The van der Waals surface area contributed by atoms with Crippen LogP contribution < -0.4 is 10.6 Å². The Balaban J connectivity index is 1.89. The number of nitrogens with zero attached hydrogens (tertiary/aromatic N) is 1. The van der Waals surface area contributed by atoms with E-state index >= 15 is 0 Å². The molecule has 6 nitrogen and oxygen atoms in total. The van der Waals surface area contributed by atoms with E-state index in [1.807, 2.05) is 0 Å². The molecule has 7 heteroatoms. The maximum absolute atomic E-state index is 12.0. The molecule has 1 heterocycles. The molecular formula is C13H19N3O3S. The molecule has 1 aromatic rings. The van der Waals surface area contributed by atoms with E-state index in [1.54, 1.807) is 11.7 Å². The van der Waals surface area contributed by atoms with Gasteiger partial charge in [0.25, 0.3) is 0 Å². The highest BCUT2D eigenvalue weighted by Crippen LogP contribution is 2.31. The van der Waals surface area contributed by atoms with Crippen molar-refractivity contribution >= 4 is 23.3 Å². The highest BCUT2D eigenvalue weighted by Gasteiger charge is 2.35. The fourth-order valence-electron chi connectivity index (χ4n) is 2.65. The lowest BCUT2D eigenvalue weighted by atomic mass is 9.79. The van der Waals surface area contributed by atoms with E-state index in [0.717, 1.165) is 37.0 Å². The van der Waals surface area contributed by atoms with Crippen LogP contribution in [0.2, 0.25) is 0 Å². The normalized spacial score (nSPS) is 17.4. The van der Waals surface area contributed by atoms with Gasteiger partial charge < -0.3 is 15.7 Å². The Kier molecular flexibility index (Phi) is 4.94. The van der Waals surface area contributed by atoms with Gasteiger partial charge in [-0.25, -0.2) is 4.79 Å². The van der Waals surface area contributed by atoms with Crippen LogP contribution in [0.3, 0.4) is 0 Å². The zero-order valence-corrected chi connectivity index (χ0v) is 12.0. The average molecular weight is 297 g/mol. The Morgan fingerprint density at radius 2 is 2.10 bits per heavy atom.